The van der Waals surface area contributed by atoms with E-state index < -0.39 is 251 Å². The topological polar surface area (TPSA) is 532 Å². The molecule has 33 nitrogen and oxygen atoms in total. The number of fused-ring (bicyclic) bond motifs is 4. The molecule has 6 heterocycles. The van der Waals surface area contributed by atoms with E-state index in [0.29, 0.717) is 56.9 Å². The van der Waals surface area contributed by atoms with Gasteiger partial charge in [-0.25, -0.2) is 0 Å². The van der Waals surface area contributed by atoms with Gasteiger partial charge in [0.1, 0.15) is 134 Å². The Balaban J connectivity index is 0.837. The summed E-state index contributed by atoms with van der Waals surface area (Å²) < 4.78 is 72.3. The van der Waals surface area contributed by atoms with Crippen LogP contribution in [0.15, 0.2) is 12.2 Å². The molecule has 510 valence electrons. The van der Waals surface area contributed by atoms with E-state index in [1.54, 1.807) is 6.92 Å². The smallest absolute Gasteiger partial charge is 0.314 e. The average molecular weight is 1290 g/mol. The zero-order valence-corrected chi connectivity index (χ0v) is 48.9. The number of rotatable bonds is 18. The molecule has 1 spiro atoms. The molecule has 33 unspecified atom stereocenters. The maximum atomic E-state index is 15.0. The van der Waals surface area contributed by atoms with Gasteiger partial charge in [-0.1, -0.05) is 19.9 Å². The van der Waals surface area contributed by atoms with E-state index in [-0.39, 0.29) is 18.3 Å². The van der Waals surface area contributed by atoms with Gasteiger partial charge >= 0.3 is 5.97 Å². The molecule has 89 heavy (non-hydrogen) atoms. The largest absolute Gasteiger partial charge is 0.432 e. The van der Waals surface area contributed by atoms with E-state index in [1.165, 1.54) is 0 Å². The monoisotopic (exact) mass is 1290 g/mol. The predicted molar refractivity (Wildman–Crippen MR) is 282 cm³/mol. The van der Waals surface area contributed by atoms with Crippen molar-refractivity contribution in [2.45, 2.75) is 260 Å². The third kappa shape index (κ3) is 10.6. The average Bonchev–Trinajstić information content (AvgIpc) is 1.05. The van der Waals surface area contributed by atoms with Crippen molar-refractivity contribution >= 4 is 5.97 Å². The first kappa shape index (κ1) is 68.4. The van der Waals surface area contributed by atoms with Gasteiger partial charge in [-0.3, -0.25) is 4.79 Å². The van der Waals surface area contributed by atoms with Crippen LogP contribution in [0.3, 0.4) is 0 Å². The second-order valence-electron chi connectivity index (χ2n) is 27.0. The van der Waals surface area contributed by atoms with Gasteiger partial charge in [0.15, 0.2) is 42.7 Å². The highest BCUT2D eigenvalue weighted by Gasteiger charge is 2.88. The van der Waals surface area contributed by atoms with Gasteiger partial charge in [-0.15, -0.1) is 0 Å². The van der Waals surface area contributed by atoms with Gasteiger partial charge < -0.3 is 159 Å². The minimum Gasteiger partial charge on any atom is -0.432 e. The van der Waals surface area contributed by atoms with Crippen LogP contribution in [-0.2, 0) is 61.6 Å². The third-order valence-electron chi connectivity index (χ3n) is 22.3. The molecule has 11 fully saturated rings. The lowest BCUT2D eigenvalue weighted by atomic mass is 9.41. The van der Waals surface area contributed by atoms with Crippen molar-refractivity contribution < 1.29 is 164 Å². The number of carbonyl (C=O) groups is 1. The molecule has 20 N–H and O–H groups in total. The minimum absolute atomic E-state index is 0.121. The van der Waals surface area contributed by atoms with Crippen LogP contribution in [0, 0.1) is 28.1 Å². The van der Waals surface area contributed by atoms with E-state index in [9.17, 15) is 107 Å². The van der Waals surface area contributed by atoms with Crippen LogP contribution >= 0.6 is 0 Å². The van der Waals surface area contributed by atoms with Crippen LogP contribution in [0.25, 0.3) is 0 Å². The lowest BCUT2D eigenvalue weighted by Gasteiger charge is -2.72. The number of carbonyl (C=O) groups excluding carboxylic acids is 1. The first-order valence-corrected chi connectivity index (χ1v) is 30.4. The molecule has 0 radical (unpaired) electrons. The van der Waals surface area contributed by atoms with Crippen LogP contribution < -0.4 is 0 Å². The van der Waals surface area contributed by atoms with Gasteiger partial charge in [-0.05, 0) is 86.5 Å². The SMILES string of the molecule is C=C1CC23CCC4[C@](C)(C(=O)OC5OC6(CO)C(O)C(O)C56OC5OC(CO)C(O)C(O)C5O)CCC[C@@]4(C)[C@@H]2CCC1(OC1OC(CO)C(O)C(OC2OC(COC4OC(CO)C(O)C(O)C4O)C(O)C(O)C2O)C1OC1OC(CO)C(O)C(O)C1O)C3. The van der Waals surface area contributed by atoms with Crippen LogP contribution in [0.2, 0.25) is 0 Å². The first-order valence-electron chi connectivity index (χ1n) is 30.4. The molecule has 5 aliphatic carbocycles. The van der Waals surface area contributed by atoms with Crippen LogP contribution in [0.5, 0.6) is 0 Å². The van der Waals surface area contributed by atoms with Crippen molar-refractivity contribution in [3.8, 4) is 0 Å². The number of aliphatic hydroxyl groups excluding tert-OH is 20. The van der Waals surface area contributed by atoms with E-state index >= 15 is 0 Å². The Morgan fingerprint density at radius 1 is 0.517 bits per heavy atom. The Morgan fingerprint density at radius 3 is 1.57 bits per heavy atom. The molecule has 11 aliphatic rings. The highest BCUT2D eigenvalue weighted by molar-refractivity contribution is 5.77. The first-order chi connectivity index (χ1) is 42.0. The second kappa shape index (κ2) is 25.2. The van der Waals surface area contributed by atoms with Crippen molar-refractivity contribution in [3.05, 3.63) is 12.2 Å². The molecule has 0 aromatic heterocycles. The van der Waals surface area contributed by atoms with Crippen molar-refractivity contribution in [2.24, 2.45) is 28.1 Å². The quantitative estimate of drug-likeness (QED) is 0.0344. The van der Waals surface area contributed by atoms with Gasteiger partial charge in [-0.2, -0.15) is 0 Å². The standard InChI is InChI=1S/C56H88O33/c1-19-11-53-9-5-25-51(2,7-4-8-52(25,3)49(77)86-50-56(43(76)42(75)55(56,18-61)89-50)88-47-39(74)34(69)29(64)22(14-59)81-47)26(53)6-10-54(19,17-53)87-48-41(85-45-37(72)33(68)28(63)21(13-58)80-45)40(31(66)23(15-60)82-48)84-46-38(73)35(70)30(65)24(83-46)16-78-44-36(71)32(67)27(62)20(12-57)79-44/h20-48,50,57-76H,1,4-18H2,2-3H3/t20?,21?,22?,23?,24?,25?,26-,27?,28?,29?,30?,31?,32?,33?,34?,35?,36?,37?,38?,39?,40?,41?,42?,43?,44?,45?,46?,47?,48?,50?,51+,52+,53?,54?,55?,56?/m0/s1. The summed E-state index contributed by atoms with van der Waals surface area (Å²) in [6.45, 7) is 3.23. The number of aliphatic hydroxyl groups is 20. The Bertz CT molecular complexity index is 2500. The van der Waals surface area contributed by atoms with E-state index in [2.05, 4.69) is 13.5 Å². The van der Waals surface area contributed by atoms with Crippen LogP contribution in [-0.4, -0.2) is 337 Å². The molecule has 0 amide bonds. The zero-order valence-electron chi connectivity index (χ0n) is 48.9. The zero-order chi connectivity index (χ0) is 64.6. The summed E-state index contributed by atoms with van der Waals surface area (Å²) in [4.78, 5) is 15.0. The molecule has 36 atom stereocenters. The van der Waals surface area contributed by atoms with Gasteiger partial charge in [0.2, 0.25) is 6.29 Å². The van der Waals surface area contributed by atoms with Gasteiger partial charge in [0.25, 0.3) is 0 Å². The Kier molecular flexibility index (Phi) is 19.3. The molecule has 6 aliphatic heterocycles. The normalized spacial score (nSPS) is 56.4. The number of hydrogen-bond acceptors (Lipinski definition) is 33. The molecule has 0 aromatic carbocycles. The molecule has 0 aromatic rings. The van der Waals surface area contributed by atoms with Crippen molar-refractivity contribution in [2.75, 3.05) is 39.6 Å². The highest BCUT2D eigenvalue weighted by atomic mass is 16.8. The molecule has 11 rings (SSSR count). The maximum absolute atomic E-state index is 15.0. The third-order valence-corrected chi connectivity index (χ3v) is 22.3. The summed E-state index contributed by atoms with van der Waals surface area (Å²) in [5, 5.41) is 215. The summed E-state index contributed by atoms with van der Waals surface area (Å²) in [5.74, 6) is -1.25. The summed E-state index contributed by atoms with van der Waals surface area (Å²) in [7, 11) is 0. The van der Waals surface area contributed by atoms with Gasteiger partial charge in [0, 0.05) is 0 Å². The number of esters is 1. The molecular formula is C56H88O33. The molecule has 33 heteroatoms. The summed E-state index contributed by atoms with van der Waals surface area (Å²) in [5.41, 5.74) is -7.45. The molecular weight excluding hydrogens is 1200 g/mol. The van der Waals surface area contributed by atoms with Crippen molar-refractivity contribution in [1.82, 2.24) is 0 Å². The second-order valence-corrected chi connectivity index (χ2v) is 27.0. The Labute approximate surface area is 508 Å². The fraction of sp³-hybridized carbons (Fsp3) is 0.946. The van der Waals surface area contributed by atoms with Crippen LogP contribution in [0.4, 0.5) is 0 Å². The van der Waals surface area contributed by atoms with Crippen molar-refractivity contribution in [3.63, 3.8) is 0 Å². The summed E-state index contributed by atoms with van der Waals surface area (Å²) in [6, 6.07) is 0. The fourth-order valence-electron chi connectivity index (χ4n) is 17.2. The van der Waals surface area contributed by atoms with Gasteiger partial charge in [0.05, 0.1) is 50.7 Å². The maximum Gasteiger partial charge on any atom is 0.314 e. The Hall–Kier alpha value is -2.03. The summed E-state index contributed by atoms with van der Waals surface area (Å²) in [6.07, 6.45) is -47.7. The van der Waals surface area contributed by atoms with E-state index in [4.69, 9.17) is 56.8 Å². The molecule has 2 bridgehead atoms. The van der Waals surface area contributed by atoms with Crippen molar-refractivity contribution in [1.29, 1.82) is 0 Å². The summed E-state index contributed by atoms with van der Waals surface area (Å²) >= 11 is 0. The highest BCUT2D eigenvalue weighted by Crippen LogP contribution is 2.74. The number of ether oxygens (including phenoxy) is 12. The van der Waals surface area contributed by atoms with Crippen LogP contribution in [0.1, 0.15) is 71.6 Å². The van der Waals surface area contributed by atoms with E-state index in [1.807, 2.05) is 0 Å². The number of hydrogen-bond donors (Lipinski definition) is 20. The van der Waals surface area contributed by atoms with E-state index in [0.717, 1.165) is 0 Å². The minimum atomic E-state index is -2.27. The lowest BCUT2D eigenvalue weighted by molar-refractivity contribution is -0.543. The Morgan fingerprint density at radius 2 is 1.00 bits per heavy atom. The molecule has 5 saturated carbocycles. The predicted octanol–water partition coefficient (Wildman–Crippen LogP) is -9.71. The fourth-order valence-corrected chi connectivity index (χ4v) is 17.2. The molecule has 6 saturated heterocycles. The lowest BCUT2D eigenvalue weighted by Crippen LogP contribution is -2.97.